The van der Waals surface area contributed by atoms with Gasteiger partial charge in [-0.3, -0.25) is 0 Å². The van der Waals surface area contributed by atoms with Crippen LogP contribution in [0.3, 0.4) is 0 Å². The number of nitrogens with zero attached hydrogens (tertiary/aromatic N) is 1. The summed E-state index contributed by atoms with van der Waals surface area (Å²) < 4.78 is 38.4. The van der Waals surface area contributed by atoms with E-state index < -0.39 is 16.0 Å². The van der Waals surface area contributed by atoms with Crippen molar-refractivity contribution in [3.63, 3.8) is 0 Å². The van der Waals surface area contributed by atoms with Gasteiger partial charge in [-0.05, 0) is 60.7 Å². The predicted octanol–water partition coefficient (Wildman–Crippen LogP) is 3.48. The van der Waals surface area contributed by atoms with Crippen molar-refractivity contribution in [1.29, 1.82) is 0 Å². The molecule has 0 aromatic heterocycles. The van der Waals surface area contributed by atoms with E-state index in [0.29, 0.717) is 28.3 Å². The summed E-state index contributed by atoms with van der Waals surface area (Å²) in [7, 11) is -2.14. The minimum Gasteiger partial charge on any atom is -0.497 e. The molecular formula is C21H16N2O5S. The van der Waals surface area contributed by atoms with Crippen molar-refractivity contribution >= 4 is 27.5 Å². The van der Waals surface area contributed by atoms with Crippen LogP contribution in [0, 0.1) is 0 Å². The van der Waals surface area contributed by atoms with Crippen molar-refractivity contribution in [2.45, 2.75) is 4.90 Å². The lowest BCUT2D eigenvalue weighted by Crippen LogP contribution is -2.11. The summed E-state index contributed by atoms with van der Waals surface area (Å²) in [5, 5.41) is 2.99. The van der Waals surface area contributed by atoms with Crippen LogP contribution in [0.5, 0.6) is 11.5 Å². The quantitative estimate of drug-likeness (QED) is 0.525. The van der Waals surface area contributed by atoms with Gasteiger partial charge in [0.25, 0.3) is 10.0 Å². The van der Waals surface area contributed by atoms with Crippen molar-refractivity contribution in [1.82, 2.24) is 0 Å². The van der Waals surface area contributed by atoms with Gasteiger partial charge in [0.1, 0.15) is 16.4 Å². The number of benzene rings is 3. The number of hydrogen-bond acceptors (Lipinski definition) is 6. The first-order valence-electron chi connectivity index (χ1n) is 8.64. The average Bonchev–Trinajstić information content (AvgIpc) is 3.00. The zero-order valence-electron chi connectivity index (χ0n) is 15.3. The maximum absolute atomic E-state index is 12.2. The number of amidine groups is 1. The van der Waals surface area contributed by atoms with Crippen molar-refractivity contribution in [2.24, 2.45) is 4.40 Å². The normalized spacial score (nSPS) is 13.9. The molecule has 3 aromatic carbocycles. The Hall–Kier alpha value is -3.65. The first-order chi connectivity index (χ1) is 14.0. The second-order valence-corrected chi connectivity index (χ2v) is 7.75. The molecule has 0 amide bonds. The third kappa shape index (κ3) is 3.83. The van der Waals surface area contributed by atoms with Gasteiger partial charge in [-0.1, -0.05) is 12.1 Å². The molecule has 3 aromatic rings. The second-order valence-electron chi connectivity index (χ2n) is 6.18. The fourth-order valence-electron chi connectivity index (χ4n) is 2.83. The lowest BCUT2D eigenvalue weighted by atomic mass is 10.2. The molecule has 0 saturated carbocycles. The van der Waals surface area contributed by atoms with Gasteiger partial charge in [-0.2, -0.15) is 8.42 Å². The van der Waals surface area contributed by atoms with E-state index in [2.05, 4.69) is 9.71 Å². The third-order valence-corrected chi connectivity index (χ3v) is 5.62. The van der Waals surface area contributed by atoms with Crippen LogP contribution in [-0.4, -0.2) is 27.3 Å². The van der Waals surface area contributed by atoms with Crippen LogP contribution in [0.2, 0.25) is 0 Å². The first-order valence-corrected chi connectivity index (χ1v) is 10.1. The van der Waals surface area contributed by atoms with Crippen LogP contribution in [0.4, 0.5) is 5.69 Å². The summed E-state index contributed by atoms with van der Waals surface area (Å²) in [4.78, 5) is 12.4. The van der Waals surface area contributed by atoms with Crippen molar-refractivity contribution in [3.8, 4) is 11.5 Å². The van der Waals surface area contributed by atoms with E-state index in [-0.39, 0.29) is 10.7 Å². The van der Waals surface area contributed by atoms with Crippen LogP contribution in [0.15, 0.2) is 82.1 Å². The fraction of sp³-hybridized carbons (Fsp3) is 0.0476. The number of carbonyl (C=O) groups excluding carboxylic acids is 1. The fourth-order valence-corrected chi connectivity index (χ4v) is 4.01. The molecule has 0 bridgehead atoms. The van der Waals surface area contributed by atoms with Crippen molar-refractivity contribution in [3.05, 3.63) is 83.9 Å². The Morgan fingerprint density at radius 1 is 0.897 bits per heavy atom. The Kier molecular flexibility index (Phi) is 4.77. The largest absolute Gasteiger partial charge is 0.497 e. The number of carbonyl (C=O) groups is 1. The number of anilines is 1. The van der Waals surface area contributed by atoms with Gasteiger partial charge in [0.15, 0.2) is 5.84 Å². The van der Waals surface area contributed by atoms with E-state index in [1.54, 1.807) is 73.8 Å². The molecule has 0 atom stereocenters. The summed E-state index contributed by atoms with van der Waals surface area (Å²) in [5.41, 5.74) is 1.53. The zero-order valence-corrected chi connectivity index (χ0v) is 16.1. The second kappa shape index (κ2) is 7.40. The molecule has 0 saturated heterocycles. The monoisotopic (exact) mass is 408 g/mol. The molecule has 146 valence electrons. The maximum Gasteiger partial charge on any atom is 0.343 e. The van der Waals surface area contributed by atoms with Crippen LogP contribution in [-0.2, 0) is 10.0 Å². The highest BCUT2D eigenvalue weighted by Gasteiger charge is 2.28. The SMILES string of the molecule is COc1ccc(C(=O)Oc2ccc(NC3=NS(=O)(=O)c4ccccc43)cc2)cc1. The lowest BCUT2D eigenvalue weighted by molar-refractivity contribution is 0.0734. The van der Waals surface area contributed by atoms with Gasteiger partial charge in [-0.15, -0.1) is 4.40 Å². The van der Waals surface area contributed by atoms with Crippen LogP contribution >= 0.6 is 0 Å². The molecule has 0 spiro atoms. The summed E-state index contributed by atoms with van der Waals surface area (Å²) in [6.07, 6.45) is 0. The molecule has 1 aliphatic heterocycles. The number of sulfonamides is 1. The summed E-state index contributed by atoms with van der Waals surface area (Å²) >= 11 is 0. The number of rotatable bonds is 4. The molecule has 0 radical (unpaired) electrons. The highest BCUT2D eigenvalue weighted by Crippen LogP contribution is 2.27. The first kappa shape index (κ1) is 18.7. The molecule has 8 heteroatoms. The van der Waals surface area contributed by atoms with Gasteiger partial charge in [-0.25, -0.2) is 4.79 Å². The van der Waals surface area contributed by atoms with Gasteiger partial charge in [0.2, 0.25) is 0 Å². The summed E-state index contributed by atoms with van der Waals surface area (Å²) in [6.45, 7) is 0. The van der Waals surface area contributed by atoms with Gasteiger partial charge < -0.3 is 14.8 Å². The smallest absolute Gasteiger partial charge is 0.343 e. The summed E-state index contributed by atoms with van der Waals surface area (Å²) in [5.74, 6) is 0.769. The average molecular weight is 408 g/mol. The minimum absolute atomic E-state index is 0.174. The number of ether oxygens (including phenoxy) is 2. The Morgan fingerprint density at radius 2 is 1.55 bits per heavy atom. The van der Waals surface area contributed by atoms with E-state index in [0.717, 1.165) is 0 Å². The molecule has 0 unspecified atom stereocenters. The molecule has 0 aliphatic carbocycles. The molecule has 29 heavy (non-hydrogen) atoms. The standard InChI is InChI=1S/C21H16N2O5S/c1-27-16-10-6-14(7-11-16)21(24)28-17-12-8-15(9-13-17)22-20-18-4-2-3-5-19(18)29(25,26)23-20/h2-13H,1H3,(H,22,23). The highest BCUT2D eigenvalue weighted by atomic mass is 32.2. The number of nitrogens with one attached hydrogen (secondary N) is 1. The topological polar surface area (TPSA) is 94.1 Å². The Labute approximate surface area is 167 Å². The molecular weight excluding hydrogens is 392 g/mol. The van der Waals surface area contributed by atoms with Gasteiger partial charge in [0, 0.05) is 11.3 Å². The maximum atomic E-state index is 12.2. The number of hydrogen-bond donors (Lipinski definition) is 1. The van der Waals surface area contributed by atoms with E-state index in [1.165, 1.54) is 6.07 Å². The molecule has 7 nitrogen and oxygen atoms in total. The zero-order chi connectivity index (χ0) is 20.4. The third-order valence-electron chi connectivity index (χ3n) is 4.28. The Bertz CT molecular complexity index is 1200. The number of methoxy groups -OCH3 is 1. The van der Waals surface area contributed by atoms with E-state index >= 15 is 0 Å². The Morgan fingerprint density at radius 3 is 2.24 bits per heavy atom. The molecule has 1 N–H and O–H groups in total. The van der Waals surface area contributed by atoms with Crippen LogP contribution < -0.4 is 14.8 Å². The lowest BCUT2D eigenvalue weighted by Gasteiger charge is -2.08. The van der Waals surface area contributed by atoms with Crippen molar-refractivity contribution in [2.75, 3.05) is 12.4 Å². The van der Waals surface area contributed by atoms with Gasteiger partial charge in [0.05, 0.1) is 12.7 Å². The minimum atomic E-state index is -3.69. The number of fused-ring (bicyclic) bond motifs is 1. The van der Waals surface area contributed by atoms with Gasteiger partial charge >= 0.3 is 5.97 Å². The van der Waals surface area contributed by atoms with Crippen LogP contribution in [0.25, 0.3) is 0 Å². The van der Waals surface area contributed by atoms with Crippen LogP contribution in [0.1, 0.15) is 15.9 Å². The Balaban J connectivity index is 1.47. The van der Waals surface area contributed by atoms with Crippen molar-refractivity contribution < 1.29 is 22.7 Å². The van der Waals surface area contributed by atoms with E-state index in [1.807, 2.05) is 0 Å². The molecule has 0 fully saturated rings. The van der Waals surface area contributed by atoms with E-state index in [9.17, 15) is 13.2 Å². The number of esters is 1. The summed E-state index contributed by atoms with van der Waals surface area (Å²) in [6, 6.07) is 19.8. The predicted molar refractivity (Wildman–Crippen MR) is 108 cm³/mol. The highest BCUT2D eigenvalue weighted by molar-refractivity contribution is 7.90. The molecule has 1 heterocycles. The van der Waals surface area contributed by atoms with E-state index in [4.69, 9.17) is 9.47 Å². The molecule has 1 aliphatic rings. The molecule has 4 rings (SSSR count).